The van der Waals surface area contributed by atoms with Crippen LogP contribution < -0.4 is 10.2 Å². The molecule has 0 aromatic heterocycles. The third kappa shape index (κ3) is 6.50. The van der Waals surface area contributed by atoms with Crippen molar-refractivity contribution in [3.8, 4) is 5.75 Å². The van der Waals surface area contributed by atoms with Gasteiger partial charge >= 0.3 is 0 Å². The zero-order valence-corrected chi connectivity index (χ0v) is 17.9. The van der Waals surface area contributed by atoms with Crippen LogP contribution in [-0.4, -0.2) is 49.9 Å². The molecule has 6 nitrogen and oxygen atoms in total. The number of nitrogens with zero attached hydrogens (tertiary/aromatic N) is 2. The zero-order chi connectivity index (χ0) is 20.6. The van der Waals surface area contributed by atoms with E-state index in [4.69, 9.17) is 21.1 Å². The van der Waals surface area contributed by atoms with Gasteiger partial charge in [-0.25, -0.2) is 9.82 Å². The molecule has 1 N–H and O–H groups in total. The molecule has 0 unspecified atom stereocenters. The fourth-order valence-electron chi connectivity index (χ4n) is 2.73. The highest BCUT2D eigenvalue weighted by Crippen LogP contribution is 2.34. The molecule has 3 rings (SSSR count). The first-order valence-corrected chi connectivity index (χ1v) is 10.2. The lowest BCUT2D eigenvalue weighted by atomic mass is 10.2. The fourth-order valence-corrected chi connectivity index (χ4v) is 3.72. The van der Waals surface area contributed by atoms with Crippen molar-refractivity contribution in [1.82, 2.24) is 10.3 Å². The zero-order valence-electron chi connectivity index (χ0n) is 15.5. The third-order valence-corrected chi connectivity index (χ3v) is 5.09. The Labute approximate surface area is 181 Å². The maximum atomic E-state index is 13.7. The third-order valence-electron chi connectivity index (χ3n) is 4.22. The summed E-state index contributed by atoms with van der Waals surface area (Å²) in [6, 6.07) is 9.79. The summed E-state index contributed by atoms with van der Waals surface area (Å²) in [6.07, 6.45) is 1.49. The molecule has 0 bridgehead atoms. The van der Waals surface area contributed by atoms with E-state index in [-0.39, 0.29) is 24.9 Å². The van der Waals surface area contributed by atoms with Gasteiger partial charge in [0.25, 0.3) is 5.91 Å². The van der Waals surface area contributed by atoms with Crippen LogP contribution in [0, 0.1) is 5.82 Å². The number of rotatable bonds is 7. The fraction of sp³-hybridized carbons (Fsp3) is 0.300. The standard InChI is InChI=1S/C20H20BrClFN3O3/c21-16-9-14(11-24-25-19(27)12-26-5-7-28-8-6-26)10-17(22)20(16)29-13-15-3-1-2-4-18(15)23/h1-4,9-11H,5-8,12-13H2,(H,25,27)/b24-11+. The van der Waals surface area contributed by atoms with Gasteiger partial charge in [-0.05, 0) is 39.7 Å². The predicted molar refractivity (Wildman–Crippen MR) is 113 cm³/mol. The molecule has 1 fully saturated rings. The van der Waals surface area contributed by atoms with Crippen molar-refractivity contribution < 1.29 is 18.7 Å². The maximum absolute atomic E-state index is 13.7. The van der Waals surface area contributed by atoms with Gasteiger partial charge in [-0.15, -0.1) is 0 Å². The van der Waals surface area contributed by atoms with Gasteiger partial charge in [-0.3, -0.25) is 9.69 Å². The molecule has 9 heteroatoms. The van der Waals surface area contributed by atoms with Crippen LogP contribution in [0.1, 0.15) is 11.1 Å². The van der Waals surface area contributed by atoms with E-state index in [0.29, 0.717) is 39.6 Å². The van der Waals surface area contributed by atoms with E-state index in [1.807, 2.05) is 4.90 Å². The van der Waals surface area contributed by atoms with Crippen LogP contribution in [0.2, 0.25) is 5.02 Å². The van der Waals surface area contributed by atoms with E-state index < -0.39 is 0 Å². The van der Waals surface area contributed by atoms with Crippen LogP contribution in [-0.2, 0) is 16.1 Å². The van der Waals surface area contributed by atoms with E-state index in [2.05, 4.69) is 26.5 Å². The Morgan fingerprint density at radius 1 is 1.34 bits per heavy atom. The summed E-state index contributed by atoms with van der Waals surface area (Å²) in [7, 11) is 0. The summed E-state index contributed by atoms with van der Waals surface area (Å²) < 4.78 is 25.2. The van der Waals surface area contributed by atoms with Crippen molar-refractivity contribution in [1.29, 1.82) is 0 Å². The number of morpholine rings is 1. The monoisotopic (exact) mass is 483 g/mol. The van der Waals surface area contributed by atoms with Crippen LogP contribution in [0.5, 0.6) is 5.75 Å². The van der Waals surface area contributed by atoms with Crippen LogP contribution in [0.4, 0.5) is 4.39 Å². The first-order valence-electron chi connectivity index (χ1n) is 9.00. The number of hydrogen-bond acceptors (Lipinski definition) is 5. The number of carbonyl (C=O) groups excluding carboxylic acids is 1. The summed E-state index contributed by atoms with van der Waals surface area (Å²) >= 11 is 9.70. The molecule has 2 aromatic rings. The Morgan fingerprint density at radius 3 is 2.83 bits per heavy atom. The molecule has 0 saturated carbocycles. The second-order valence-electron chi connectivity index (χ2n) is 6.38. The first-order chi connectivity index (χ1) is 14.0. The lowest BCUT2D eigenvalue weighted by Crippen LogP contribution is -2.42. The molecular formula is C20H20BrClFN3O3. The highest BCUT2D eigenvalue weighted by atomic mass is 79.9. The smallest absolute Gasteiger partial charge is 0.254 e. The number of benzene rings is 2. The van der Waals surface area contributed by atoms with Crippen molar-refractivity contribution in [2.45, 2.75) is 6.61 Å². The van der Waals surface area contributed by atoms with Gasteiger partial charge in [-0.1, -0.05) is 29.8 Å². The minimum absolute atomic E-state index is 0.0516. The van der Waals surface area contributed by atoms with Crippen molar-refractivity contribution in [3.05, 3.63) is 62.8 Å². The number of ether oxygens (including phenoxy) is 2. The Balaban J connectivity index is 1.56. The quantitative estimate of drug-likeness (QED) is 0.482. The molecule has 1 aliphatic rings. The van der Waals surface area contributed by atoms with E-state index in [9.17, 15) is 9.18 Å². The molecular weight excluding hydrogens is 465 g/mol. The lowest BCUT2D eigenvalue weighted by molar-refractivity contribution is -0.123. The molecule has 154 valence electrons. The molecule has 0 aliphatic carbocycles. The minimum atomic E-state index is -0.337. The molecule has 0 radical (unpaired) electrons. The SMILES string of the molecule is O=C(CN1CCOCC1)N/N=C/c1cc(Cl)c(OCc2ccccc2F)c(Br)c1. The summed E-state index contributed by atoms with van der Waals surface area (Å²) in [6.45, 7) is 3.05. The van der Waals surface area contributed by atoms with Gasteiger partial charge in [0.2, 0.25) is 0 Å². The van der Waals surface area contributed by atoms with E-state index >= 15 is 0 Å². The van der Waals surface area contributed by atoms with E-state index in [0.717, 1.165) is 13.1 Å². The Kier molecular flexibility index (Phi) is 8.00. The van der Waals surface area contributed by atoms with Gasteiger partial charge in [0.05, 0.1) is 35.5 Å². The van der Waals surface area contributed by atoms with Crippen molar-refractivity contribution >= 4 is 39.7 Å². The molecule has 1 aliphatic heterocycles. The Morgan fingerprint density at radius 2 is 2.10 bits per heavy atom. The maximum Gasteiger partial charge on any atom is 0.254 e. The highest BCUT2D eigenvalue weighted by Gasteiger charge is 2.14. The van der Waals surface area contributed by atoms with Crippen LogP contribution in [0.15, 0.2) is 46.0 Å². The summed E-state index contributed by atoms with van der Waals surface area (Å²) in [5.41, 5.74) is 3.61. The number of amides is 1. The number of hydrogen-bond donors (Lipinski definition) is 1. The number of nitrogens with one attached hydrogen (secondary N) is 1. The molecule has 1 heterocycles. The lowest BCUT2D eigenvalue weighted by Gasteiger charge is -2.25. The molecule has 1 saturated heterocycles. The van der Waals surface area contributed by atoms with Gasteiger partial charge < -0.3 is 9.47 Å². The van der Waals surface area contributed by atoms with Crippen molar-refractivity contribution in [3.63, 3.8) is 0 Å². The second kappa shape index (κ2) is 10.7. The minimum Gasteiger partial charge on any atom is -0.486 e. The first kappa shape index (κ1) is 21.7. The number of hydrazone groups is 1. The number of carbonyl (C=O) groups is 1. The average molecular weight is 485 g/mol. The van der Waals surface area contributed by atoms with Crippen LogP contribution in [0.3, 0.4) is 0 Å². The molecule has 29 heavy (non-hydrogen) atoms. The Hall–Kier alpha value is -2.00. The molecule has 2 aromatic carbocycles. The topological polar surface area (TPSA) is 63.2 Å². The predicted octanol–water partition coefficient (Wildman–Crippen LogP) is 3.60. The van der Waals surface area contributed by atoms with Crippen molar-refractivity contribution in [2.24, 2.45) is 5.10 Å². The average Bonchev–Trinajstić information content (AvgIpc) is 2.69. The molecule has 0 atom stereocenters. The highest BCUT2D eigenvalue weighted by molar-refractivity contribution is 9.10. The largest absolute Gasteiger partial charge is 0.486 e. The summed E-state index contributed by atoms with van der Waals surface area (Å²) in [5, 5.41) is 4.32. The molecule has 0 spiro atoms. The molecule has 1 amide bonds. The van der Waals surface area contributed by atoms with Gasteiger partial charge in [0.1, 0.15) is 12.4 Å². The van der Waals surface area contributed by atoms with Gasteiger partial charge in [0.15, 0.2) is 5.75 Å². The second-order valence-corrected chi connectivity index (χ2v) is 7.64. The van der Waals surface area contributed by atoms with Gasteiger partial charge in [-0.2, -0.15) is 5.10 Å². The van der Waals surface area contributed by atoms with E-state index in [1.54, 1.807) is 30.3 Å². The summed E-state index contributed by atoms with van der Waals surface area (Å²) in [5.74, 6) is -0.127. The Bertz CT molecular complexity index is 868. The van der Waals surface area contributed by atoms with Crippen LogP contribution in [0.25, 0.3) is 0 Å². The number of halogens is 3. The van der Waals surface area contributed by atoms with Gasteiger partial charge in [0, 0.05) is 18.7 Å². The van der Waals surface area contributed by atoms with E-state index in [1.165, 1.54) is 12.3 Å². The summed E-state index contributed by atoms with van der Waals surface area (Å²) in [4.78, 5) is 13.9. The van der Waals surface area contributed by atoms with Crippen molar-refractivity contribution in [2.75, 3.05) is 32.8 Å². The normalized spacial score (nSPS) is 14.9. The van der Waals surface area contributed by atoms with Crippen LogP contribution >= 0.6 is 27.5 Å².